The van der Waals surface area contributed by atoms with Gasteiger partial charge in [0, 0.05) is 50.7 Å². The van der Waals surface area contributed by atoms with Gasteiger partial charge in [0.05, 0.1) is 0 Å². The van der Waals surface area contributed by atoms with Crippen LogP contribution in [0.15, 0.2) is 48.8 Å². The molecule has 0 radical (unpaired) electrons. The average molecular weight is 313 g/mol. The summed E-state index contributed by atoms with van der Waals surface area (Å²) >= 11 is 0. The molecule has 122 valence electrons. The van der Waals surface area contributed by atoms with Gasteiger partial charge < -0.3 is 15.5 Å². The van der Waals surface area contributed by atoms with Crippen molar-refractivity contribution in [3.8, 4) is 0 Å². The van der Waals surface area contributed by atoms with Gasteiger partial charge in [0.2, 0.25) is 11.9 Å². The minimum Gasteiger partial charge on any atom is -0.370 e. The van der Waals surface area contributed by atoms with Crippen LogP contribution >= 0.6 is 0 Å². The van der Waals surface area contributed by atoms with E-state index in [4.69, 9.17) is 0 Å². The van der Waals surface area contributed by atoms with Crippen LogP contribution in [0.25, 0.3) is 0 Å². The Morgan fingerprint density at radius 3 is 2.57 bits per heavy atom. The van der Waals surface area contributed by atoms with Crippen LogP contribution in [-0.2, 0) is 4.79 Å². The highest BCUT2D eigenvalue weighted by molar-refractivity contribution is 5.76. The number of nitrogens with one attached hydrogen (secondary N) is 2. The van der Waals surface area contributed by atoms with Gasteiger partial charge in [0.1, 0.15) is 0 Å². The molecule has 2 rings (SSSR count). The maximum Gasteiger partial charge on any atom is 0.222 e. The molecule has 0 unspecified atom stereocenters. The van der Waals surface area contributed by atoms with Crippen LogP contribution in [0.4, 0.5) is 11.6 Å². The number of benzene rings is 1. The van der Waals surface area contributed by atoms with Gasteiger partial charge in [-0.05, 0) is 25.1 Å². The smallest absolute Gasteiger partial charge is 0.222 e. The highest BCUT2D eigenvalue weighted by Crippen LogP contribution is 2.13. The van der Waals surface area contributed by atoms with E-state index in [1.54, 1.807) is 18.5 Å². The van der Waals surface area contributed by atoms with Crippen LogP contribution in [0.5, 0.6) is 0 Å². The van der Waals surface area contributed by atoms with E-state index in [1.165, 1.54) is 0 Å². The van der Waals surface area contributed by atoms with E-state index in [-0.39, 0.29) is 11.9 Å². The van der Waals surface area contributed by atoms with Gasteiger partial charge >= 0.3 is 0 Å². The molecule has 0 fully saturated rings. The van der Waals surface area contributed by atoms with Gasteiger partial charge in [0.15, 0.2) is 0 Å². The third-order valence-corrected chi connectivity index (χ3v) is 3.62. The van der Waals surface area contributed by atoms with Gasteiger partial charge in [-0.3, -0.25) is 4.79 Å². The van der Waals surface area contributed by atoms with Crippen molar-refractivity contribution in [2.75, 3.05) is 30.4 Å². The normalized spacial score (nSPS) is 11.6. The maximum atomic E-state index is 11.9. The van der Waals surface area contributed by atoms with E-state index in [0.29, 0.717) is 25.5 Å². The summed E-state index contributed by atoms with van der Waals surface area (Å²) in [4.78, 5) is 22.1. The lowest BCUT2D eigenvalue weighted by Crippen LogP contribution is -2.40. The van der Waals surface area contributed by atoms with Crippen LogP contribution < -0.4 is 15.5 Å². The fraction of sp³-hybridized carbons (Fsp3) is 0.353. The molecule has 0 saturated carbocycles. The van der Waals surface area contributed by atoms with E-state index in [1.807, 2.05) is 25.2 Å². The predicted octanol–water partition coefficient (Wildman–Crippen LogP) is 1.92. The Balaban J connectivity index is 1.67. The van der Waals surface area contributed by atoms with E-state index in [0.717, 1.165) is 5.69 Å². The van der Waals surface area contributed by atoms with Crippen LogP contribution in [-0.4, -0.2) is 42.1 Å². The zero-order chi connectivity index (χ0) is 16.5. The Morgan fingerprint density at radius 2 is 1.87 bits per heavy atom. The number of amides is 1. The number of hydrogen-bond donors (Lipinski definition) is 2. The number of anilines is 2. The van der Waals surface area contributed by atoms with Gasteiger partial charge in [-0.1, -0.05) is 18.2 Å². The molecule has 2 N–H and O–H groups in total. The second-order valence-corrected chi connectivity index (χ2v) is 5.35. The van der Waals surface area contributed by atoms with Crippen molar-refractivity contribution in [2.45, 2.75) is 19.4 Å². The molecule has 0 spiro atoms. The number of aromatic nitrogens is 2. The largest absolute Gasteiger partial charge is 0.370 e. The molecule has 6 heteroatoms. The summed E-state index contributed by atoms with van der Waals surface area (Å²) in [5.41, 5.74) is 1.14. The Kier molecular flexibility index (Phi) is 6.35. The molecule has 1 atom stereocenters. The molecule has 0 bridgehead atoms. The van der Waals surface area contributed by atoms with Crippen LogP contribution in [0, 0.1) is 0 Å². The summed E-state index contributed by atoms with van der Waals surface area (Å²) in [5, 5.41) is 5.98. The number of carbonyl (C=O) groups is 1. The first-order valence-electron chi connectivity index (χ1n) is 7.72. The average Bonchev–Trinajstić information content (AvgIpc) is 2.60. The molecule has 0 saturated heterocycles. The number of hydrogen-bond acceptors (Lipinski definition) is 5. The topological polar surface area (TPSA) is 70.1 Å². The van der Waals surface area contributed by atoms with Crippen LogP contribution in [0.1, 0.15) is 13.3 Å². The molecule has 23 heavy (non-hydrogen) atoms. The van der Waals surface area contributed by atoms with E-state index in [2.05, 4.69) is 44.6 Å². The van der Waals surface area contributed by atoms with Gasteiger partial charge in [0.25, 0.3) is 0 Å². The molecule has 1 aromatic heterocycles. The van der Waals surface area contributed by atoms with Crippen molar-refractivity contribution < 1.29 is 4.79 Å². The zero-order valence-electron chi connectivity index (χ0n) is 13.6. The van der Waals surface area contributed by atoms with Crippen molar-refractivity contribution in [3.05, 3.63) is 48.8 Å². The summed E-state index contributed by atoms with van der Waals surface area (Å²) in [5.74, 6) is 0.555. The quantitative estimate of drug-likeness (QED) is 0.779. The number of likely N-dealkylation sites (N-methyl/N-ethyl adjacent to an activating group) is 1. The lowest BCUT2D eigenvalue weighted by molar-refractivity contribution is -0.120. The summed E-state index contributed by atoms with van der Waals surface area (Å²) in [6.07, 6.45) is 3.72. The summed E-state index contributed by atoms with van der Waals surface area (Å²) in [7, 11) is 2.03. The molecule has 0 aliphatic carbocycles. The SMILES string of the molecule is C[C@H](CNC(=O)CCNc1ncccn1)N(C)c1ccccc1. The Hall–Kier alpha value is -2.63. The second kappa shape index (κ2) is 8.73. The third kappa shape index (κ3) is 5.58. The third-order valence-electron chi connectivity index (χ3n) is 3.62. The fourth-order valence-corrected chi connectivity index (χ4v) is 2.08. The molecular formula is C17H23N5O. The first-order valence-corrected chi connectivity index (χ1v) is 7.72. The molecule has 1 amide bonds. The van der Waals surface area contributed by atoms with Crippen LogP contribution in [0.2, 0.25) is 0 Å². The molecule has 0 aliphatic rings. The van der Waals surface area contributed by atoms with Crippen molar-refractivity contribution >= 4 is 17.5 Å². The van der Waals surface area contributed by atoms with E-state index in [9.17, 15) is 4.79 Å². The lowest BCUT2D eigenvalue weighted by atomic mass is 10.2. The zero-order valence-corrected chi connectivity index (χ0v) is 13.6. The van der Waals surface area contributed by atoms with Crippen LogP contribution in [0.3, 0.4) is 0 Å². The maximum absolute atomic E-state index is 11.9. The predicted molar refractivity (Wildman–Crippen MR) is 92.5 cm³/mol. The molecular weight excluding hydrogens is 290 g/mol. The molecule has 2 aromatic rings. The second-order valence-electron chi connectivity index (χ2n) is 5.35. The monoisotopic (exact) mass is 313 g/mol. The Bertz CT molecular complexity index is 590. The number of rotatable bonds is 8. The van der Waals surface area contributed by atoms with Crippen molar-refractivity contribution in [1.29, 1.82) is 0 Å². The number of nitrogens with zero attached hydrogens (tertiary/aromatic N) is 3. The van der Waals surface area contributed by atoms with Gasteiger partial charge in [-0.15, -0.1) is 0 Å². The fourth-order valence-electron chi connectivity index (χ4n) is 2.08. The minimum absolute atomic E-state index is 0.0155. The van der Waals surface area contributed by atoms with Crippen molar-refractivity contribution in [3.63, 3.8) is 0 Å². The standard InChI is InChI=1S/C17H23N5O/c1-14(22(2)15-7-4-3-5-8-15)13-21-16(23)9-12-20-17-18-10-6-11-19-17/h3-8,10-11,14H,9,12-13H2,1-2H3,(H,21,23)(H,18,19,20)/t14-/m1/s1. The first kappa shape index (κ1) is 16.7. The highest BCUT2D eigenvalue weighted by atomic mass is 16.1. The Morgan fingerprint density at radius 1 is 1.17 bits per heavy atom. The molecule has 6 nitrogen and oxygen atoms in total. The van der Waals surface area contributed by atoms with Gasteiger partial charge in [-0.25, -0.2) is 9.97 Å². The first-order chi connectivity index (χ1) is 11.2. The number of para-hydroxylation sites is 1. The number of carbonyl (C=O) groups excluding carboxylic acids is 1. The Labute approximate surface area is 137 Å². The van der Waals surface area contributed by atoms with Crippen molar-refractivity contribution in [2.24, 2.45) is 0 Å². The van der Waals surface area contributed by atoms with Gasteiger partial charge in [-0.2, -0.15) is 0 Å². The molecule has 0 aliphatic heterocycles. The highest BCUT2D eigenvalue weighted by Gasteiger charge is 2.11. The summed E-state index contributed by atoms with van der Waals surface area (Å²) < 4.78 is 0. The summed E-state index contributed by atoms with van der Waals surface area (Å²) in [6.45, 7) is 3.20. The molecule has 1 heterocycles. The lowest BCUT2D eigenvalue weighted by Gasteiger charge is -2.27. The minimum atomic E-state index is 0.0155. The van der Waals surface area contributed by atoms with E-state index >= 15 is 0 Å². The summed E-state index contributed by atoms with van der Waals surface area (Å²) in [6, 6.07) is 12.1. The molecule has 1 aromatic carbocycles. The van der Waals surface area contributed by atoms with E-state index < -0.39 is 0 Å². The van der Waals surface area contributed by atoms with Crippen molar-refractivity contribution in [1.82, 2.24) is 15.3 Å².